The minimum absolute atomic E-state index is 0. The van der Waals surface area contributed by atoms with E-state index in [0.29, 0.717) is 13.0 Å². The second kappa shape index (κ2) is 5.80. The standard InChI is InChI=1S/C8H12N2O.ClH/c1-2-3-8(11)6-10-5-4-9-7-10;/h2,4-5,7-8,11H,1,3,6H2;1H. The van der Waals surface area contributed by atoms with Crippen molar-refractivity contribution in [2.75, 3.05) is 0 Å². The summed E-state index contributed by atoms with van der Waals surface area (Å²) in [4.78, 5) is 2.90. The molecule has 1 aromatic rings. The zero-order valence-electron chi connectivity index (χ0n) is 6.78. The van der Waals surface area contributed by atoms with Crippen LogP contribution >= 0.6 is 0 Å². The molecule has 0 bridgehead atoms. The van der Waals surface area contributed by atoms with Crippen LogP contribution in [0.1, 0.15) is 6.42 Å². The molecule has 1 atom stereocenters. The van der Waals surface area contributed by atoms with Crippen LogP contribution in [0.4, 0.5) is 0 Å². The first-order chi connectivity index (χ1) is 5.33. The molecule has 0 saturated carbocycles. The number of nitrogens with one attached hydrogen (secondary N) is 1. The summed E-state index contributed by atoms with van der Waals surface area (Å²) >= 11 is 0. The van der Waals surface area contributed by atoms with E-state index >= 15 is 0 Å². The third-order valence-corrected chi connectivity index (χ3v) is 1.46. The van der Waals surface area contributed by atoms with Gasteiger partial charge < -0.3 is 17.5 Å². The molecule has 12 heavy (non-hydrogen) atoms. The minimum Gasteiger partial charge on any atom is -1.00 e. The highest BCUT2D eigenvalue weighted by Gasteiger charge is 2.05. The molecule has 1 heterocycles. The van der Waals surface area contributed by atoms with Crippen LogP contribution < -0.4 is 17.0 Å². The van der Waals surface area contributed by atoms with Crippen molar-refractivity contribution in [3.05, 3.63) is 31.4 Å². The summed E-state index contributed by atoms with van der Waals surface area (Å²) in [5.41, 5.74) is 0. The van der Waals surface area contributed by atoms with Crippen molar-refractivity contribution < 1.29 is 22.1 Å². The number of aliphatic hydroxyl groups excluding tert-OH is 1. The van der Waals surface area contributed by atoms with Gasteiger partial charge in [0.05, 0.1) is 6.10 Å². The Balaban J connectivity index is 0.00000121. The molecular formula is C8H13ClN2O. The number of hydrogen-bond acceptors (Lipinski definition) is 1. The molecule has 68 valence electrons. The number of aromatic amines is 1. The maximum absolute atomic E-state index is 9.32. The third-order valence-electron chi connectivity index (χ3n) is 1.46. The van der Waals surface area contributed by atoms with Gasteiger partial charge in [-0.05, 0) is 6.42 Å². The molecule has 0 saturated heterocycles. The first-order valence-electron chi connectivity index (χ1n) is 3.63. The lowest BCUT2D eigenvalue weighted by atomic mass is 10.2. The highest BCUT2D eigenvalue weighted by atomic mass is 35.5. The van der Waals surface area contributed by atoms with Gasteiger partial charge in [0.15, 0.2) is 0 Å². The van der Waals surface area contributed by atoms with Gasteiger partial charge in [-0.1, -0.05) is 6.08 Å². The van der Waals surface area contributed by atoms with E-state index in [4.69, 9.17) is 0 Å². The van der Waals surface area contributed by atoms with Gasteiger partial charge in [-0.15, -0.1) is 6.58 Å². The fourth-order valence-corrected chi connectivity index (χ4v) is 0.944. The quantitative estimate of drug-likeness (QED) is 0.390. The minimum atomic E-state index is -0.326. The summed E-state index contributed by atoms with van der Waals surface area (Å²) < 4.78 is 1.90. The van der Waals surface area contributed by atoms with E-state index in [0.717, 1.165) is 0 Å². The van der Waals surface area contributed by atoms with Crippen molar-refractivity contribution in [2.45, 2.75) is 19.1 Å². The van der Waals surface area contributed by atoms with Crippen LogP contribution in [0.5, 0.6) is 0 Å². The Morgan fingerprint density at radius 2 is 2.42 bits per heavy atom. The number of nitrogens with zero attached hydrogens (tertiary/aromatic N) is 1. The van der Waals surface area contributed by atoms with Gasteiger partial charge in [0.2, 0.25) is 6.33 Å². The molecule has 1 unspecified atom stereocenters. The normalized spacial score (nSPS) is 11.8. The average Bonchev–Trinajstić information content (AvgIpc) is 2.40. The van der Waals surface area contributed by atoms with E-state index < -0.39 is 0 Å². The number of halogens is 1. The first kappa shape index (κ1) is 11.2. The molecule has 0 spiro atoms. The van der Waals surface area contributed by atoms with Gasteiger partial charge in [-0.3, -0.25) is 4.98 Å². The fraction of sp³-hybridized carbons (Fsp3) is 0.375. The second-order valence-electron chi connectivity index (χ2n) is 2.49. The SMILES string of the molecule is C=CCC(O)C[n+]1cc[nH]c1.[Cl-]. The Morgan fingerprint density at radius 1 is 1.67 bits per heavy atom. The highest BCUT2D eigenvalue weighted by molar-refractivity contribution is 4.70. The van der Waals surface area contributed by atoms with Gasteiger partial charge >= 0.3 is 0 Å². The Kier molecular flexibility index (Phi) is 5.41. The van der Waals surface area contributed by atoms with Crippen LogP contribution in [0.15, 0.2) is 31.4 Å². The van der Waals surface area contributed by atoms with Crippen LogP contribution in [-0.2, 0) is 6.54 Å². The topological polar surface area (TPSA) is 39.9 Å². The average molecular weight is 189 g/mol. The molecule has 0 aromatic carbocycles. The molecule has 0 aliphatic carbocycles. The zero-order chi connectivity index (χ0) is 8.10. The molecule has 0 amide bonds. The van der Waals surface area contributed by atoms with Crippen molar-refractivity contribution in [2.24, 2.45) is 0 Å². The molecule has 1 aromatic heterocycles. The zero-order valence-corrected chi connectivity index (χ0v) is 7.54. The molecule has 2 N–H and O–H groups in total. The summed E-state index contributed by atoms with van der Waals surface area (Å²) in [5.74, 6) is 0. The van der Waals surface area contributed by atoms with E-state index in [1.54, 1.807) is 6.08 Å². The smallest absolute Gasteiger partial charge is 0.241 e. The van der Waals surface area contributed by atoms with Crippen molar-refractivity contribution >= 4 is 0 Å². The lowest BCUT2D eigenvalue weighted by Crippen LogP contribution is -3.00. The third kappa shape index (κ3) is 3.55. The number of rotatable bonds is 4. The monoisotopic (exact) mass is 188 g/mol. The van der Waals surface area contributed by atoms with Crippen LogP contribution in [-0.4, -0.2) is 16.2 Å². The molecule has 0 aliphatic heterocycles. The van der Waals surface area contributed by atoms with Crippen molar-refractivity contribution in [3.63, 3.8) is 0 Å². The predicted molar refractivity (Wildman–Crippen MR) is 41.8 cm³/mol. The van der Waals surface area contributed by atoms with E-state index in [2.05, 4.69) is 11.6 Å². The molecule has 0 radical (unpaired) electrons. The number of hydrogen-bond donors (Lipinski definition) is 2. The Labute approximate surface area is 78.2 Å². The van der Waals surface area contributed by atoms with E-state index in [1.165, 1.54) is 0 Å². The van der Waals surface area contributed by atoms with Crippen molar-refractivity contribution in [1.82, 2.24) is 4.98 Å². The predicted octanol–water partition coefficient (Wildman–Crippen LogP) is -2.76. The van der Waals surface area contributed by atoms with E-state index in [9.17, 15) is 5.11 Å². The summed E-state index contributed by atoms with van der Waals surface area (Å²) in [6.45, 7) is 4.17. The second-order valence-corrected chi connectivity index (χ2v) is 2.49. The molecule has 0 fully saturated rings. The first-order valence-corrected chi connectivity index (χ1v) is 3.63. The van der Waals surface area contributed by atoms with Crippen LogP contribution in [0.25, 0.3) is 0 Å². The summed E-state index contributed by atoms with van der Waals surface area (Å²) in [5, 5.41) is 9.32. The van der Waals surface area contributed by atoms with Gasteiger partial charge in [-0.25, -0.2) is 4.57 Å². The van der Waals surface area contributed by atoms with Crippen molar-refractivity contribution in [3.8, 4) is 0 Å². The molecular weight excluding hydrogens is 176 g/mol. The van der Waals surface area contributed by atoms with Gasteiger partial charge in [0.25, 0.3) is 0 Å². The maximum Gasteiger partial charge on any atom is 0.241 e. The van der Waals surface area contributed by atoms with E-state index in [-0.39, 0.29) is 18.5 Å². The summed E-state index contributed by atoms with van der Waals surface area (Å²) in [6.07, 6.45) is 7.54. The molecule has 4 heteroatoms. The Morgan fingerprint density at radius 3 is 2.92 bits per heavy atom. The molecule has 1 rings (SSSR count). The number of H-pyrrole nitrogens is 1. The van der Waals surface area contributed by atoms with Crippen LogP contribution in [0.2, 0.25) is 0 Å². The van der Waals surface area contributed by atoms with Gasteiger partial charge in [-0.2, -0.15) is 0 Å². The van der Waals surface area contributed by atoms with Crippen LogP contribution in [0.3, 0.4) is 0 Å². The molecule has 3 nitrogen and oxygen atoms in total. The van der Waals surface area contributed by atoms with E-state index in [1.807, 2.05) is 23.3 Å². The lowest BCUT2D eigenvalue weighted by Gasteiger charge is -2.02. The number of aliphatic hydroxyl groups is 1. The van der Waals surface area contributed by atoms with Crippen molar-refractivity contribution in [1.29, 1.82) is 0 Å². The number of aromatic nitrogens is 2. The summed E-state index contributed by atoms with van der Waals surface area (Å²) in [6, 6.07) is 0. The largest absolute Gasteiger partial charge is 1.00 e. The molecule has 0 aliphatic rings. The van der Waals surface area contributed by atoms with Gasteiger partial charge in [0.1, 0.15) is 18.9 Å². The lowest BCUT2D eigenvalue weighted by molar-refractivity contribution is -0.702. The fourth-order valence-electron chi connectivity index (χ4n) is 0.944. The van der Waals surface area contributed by atoms with Crippen LogP contribution in [0, 0.1) is 0 Å². The Hall–Kier alpha value is -0.800. The maximum atomic E-state index is 9.32. The highest BCUT2D eigenvalue weighted by Crippen LogP contribution is 1.90. The summed E-state index contributed by atoms with van der Waals surface area (Å²) in [7, 11) is 0. The Bertz CT molecular complexity index is 211. The number of imidazole rings is 1. The van der Waals surface area contributed by atoms with Gasteiger partial charge in [0, 0.05) is 0 Å².